The monoisotopic (exact) mass is 210 g/mol. The fraction of sp³-hybridized carbons (Fsp3) is 0.500. The normalized spacial score (nSPS) is 11.2. The Labute approximate surface area is 90.6 Å². The van der Waals surface area contributed by atoms with E-state index in [1.54, 1.807) is 21.0 Å². The van der Waals surface area contributed by atoms with Gasteiger partial charge in [-0.25, -0.2) is 0 Å². The van der Waals surface area contributed by atoms with Crippen LogP contribution in [0.25, 0.3) is 0 Å². The molecule has 1 aromatic rings. The van der Waals surface area contributed by atoms with Gasteiger partial charge in [0, 0.05) is 6.42 Å². The predicted molar refractivity (Wildman–Crippen MR) is 59.4 cm³/mol. The van der Waals surface area contributed by atoms with Crippen LogP contribution in [0.5, 0.6) is 11.5 Å². The van der Waals surface area contributed by atoms with E-state index in [9.17, 15) is 5.11 Å². The second-order valence-corrected chi connectivity index (χ2v) is 4.06. The summed E-state index contributed by atoms with van der Waals surface area (Å²) in [6.07, 6.45) is 0.588. The lowest BCUT2D eigenvalue weighted by molar-refractivity contribution is 0.0549. The van der Waals surface area contributed by atoms with Crippen molar-refractivity contribution in [2.45, 2.75) is 25.9 Å². The topological polar surface area (TPSA) is 38.7 Å². The Balaban J connectivity index is 2.50. The molecule has 0 atom stereocenters. The quantitative estimate of drug-likeness (QED) is 0.810. The van der Waals surface area contributed by atoms with Crippen LogP contribution in [-0.4, -0.2) is 24.4 Å². The number of methoxy groups -OCH3 is 1. The molecule has 0 saturated carbocycles. The molecule has 3 nitrogen and oxygen atoms in total. The Morgan fingerprint density at radius 2 is 1.80 bits per heavy atom. The summed E-state index contributed by atoms with van der Waals surface area (Å²) in [6, 6.07) is 7.48. The van der Waals surface area contributed by atoms with Crippen LogP contribution in [0, 0.1) is 0 Å². The molecule has 0 spiro atoms. The molecule has 15 heavy (non-hydrogen) atoms. The van der Waals surface area contributed by atoms with Gasteiger partial charge in [-0.15, -0.1) is 0 Å². The highest BCUT2D eigenvalue weighted by atomic mass is 16.5. The third-order valence-corrected chi connectivity index (χ3v) is 2.04. The molecular weight excluding hydrogens is 192 g/mol. The van der Waals surface area contributed by atoms with E-state index in [-0.39, 0.29) is 0 Å². The van der Waals surface area contributed by atoms with Crippen LogP contribution in [0.15, 0.2) is 24.3 Å². The average Bonchev–Trinajstić information content (AvgIpc) is 2.16. The zero-order chi connectivity index (χ0) is 11.3. The van der Waals surface area contributed by atoms with E-state index in [1.807, 2.05) is 24.3 Å². The first-order valence-corrected chi connectivity index (χ1v) is 5.01. The minimum atomic E-state index is -0.692. The van der Waals surface area contributed by atoms with Crippen LogP contribution >= 0.6 is 0 Å². The van der Waals surface area contributed by atoms with Gasteiger partial charge in [0.2, 0.25) is 0 Å². The molecule has 0 aliphatic heterocycles. The highest BCUT2D eigenvalue weighted by Gasteiger charge is 2.12. The summed E-state index contributed by atoms with van der Waals surface area (Å²) in [7, 11) is 1.61. The van der Waals surface area contributed by atoms with E-state index in [2.05, 4.69) is 0 Å². The van der Waals surface area contributed by atoms with Gasteiger partial charge in [-0.1, -0.05) is 12.1 Å². The molecule has 1 N–H and O–H groups in total. The van der Waals surface area contributed by atoms with Gasteiger partial charge >= 0.3 is 0 Å². The van der Waals surface area contributed by atoms with Crippen molar-refractivity contribution in [3.63, 3.8) is 0 Å². The van der Waals surface area contributed by atoms with E-state index >= 15 is 0 Å². The number of hydrogen-bond donors (Lipinski definition) is 1. The van der Waals surface area contributed by atoms with E-state index < -0.39 is 5.60 Å². The molecule has 0 bridgehead atoms. The lowest BCUT2D eigenvalue weighted by atomic mass is 10.1. The van der Waals surface area contributed by atoms with Crippen molar-refractivity contribution in [2.24, 2.45) is 0 Å². The largest absolute Gasteiger partial charge is 0.493 e. The third-order valence-electron chi connectivity index (χ3n) is 2.04. The van der Waals surface area contributed by atoms with Gasteiger partial charge in [0.1, 0.15) is 0 Å². The zero-order valence-electron chi connectivity index (χ0n) is 9.49. The van der Waals surface area contributed by atoms with Gasteiger partial charge in [0.05, 0.1) is 19.3 Å². The van der Waals surface area contributed by atoms with Crippen molar-refractivity contribution in [3.8, 4) is 11.5 Å². The first kappa shape index (κ1) is 11.9. The Hall–Kier alpha value is -1.22. The number of aliphatic hydroxyl groups is 1. The Morgan fingerprint density at radius 1 is 1.20 bits per heavy atom. The van der Waals surface area contributed by atoms with Crippen LogP contribution in [0.4, 0.5) is 0 Å². The van der Waals surface area contributed by atoms with E-state index in [0.29, 0.717) is 24.5 Å². The summed E-state index contributed by atoms with van der Waals surface area (Å²) >= 11 is 0. The fourth-order valence-corrected chi connectivity index (χ4v) is 1.15. The lowest BCUT2D eigenvalue weighted by Gasteiger charge is -2.17. The number of ether oxygens (including phenoxy) is 2. The zero-order valence-corrected chi connectivity index (χ0v) is 9.49. The summed E-state index contributed by atoms with van der Waals surface area (Å²) in [5.41, 5.74) is -0.692. The molecule has 0 radical (unpaired) electrons. The average molecular weight is 210 g/mol. The summed E-state index contributed by atoms with van der Waals surface area (Å²) in [6.45, 7) is 4.00. The van der Waals surface area contributed by atoms with E-state index in [0.717, 1.165) is 0 Å². The number of benzene rings is 1. The second-order valence-electron chi connectivity index (χ2n) is 4.06. The maximum atomic E-state index is 9.51. The third kappa shape index (κ3) is 4.21. The van der Waals surface area contributed by atoms with Crippen LogP contribution in [0.3, 0.4) is 0 Å². The van der Waals surface area contributed by atoms with Crippen LogP contribution in [0.1, 0.15) is 20.3 Å². The van der Waals surface area contributed by atoms with Crippen LogP contribution in [0.2, 0.25) is 0 Å². The molecule has 0 aromatic heterocycles. The minimum Gasteiger partial charge on any atom is -0.493 e. The van der Waals surface area contributed by atoms with Crippen LogP contribution < -0.4 is 9.47 Å². The molecule has 0 saturated heterocycles. The molecule has 0 unspecified atom stereocenters. The molecule has 3 heteroatoms. The SMILES string of the molecule is COc1ccccc1OCCC(C)(C)O. The fourth-order valence-electron chi connectivity index (χ4n) is 1.15. The maximum Gasteiger partial charge on any atom is 0.161 e. The summed E-state index contributed by atoms with van der Waals surface area (Å²) in [5.74, 6) is 1.43. The summed E-state index contributed by atoms with van der Waals surface area (Å²) < 4.78 is 10.7. The lowest BCUT2D eigenvalue weighted by Crippen LogP contribution is -2.21. The standard InChI is InChI=1S/C12H18O3/c1-12(2,13)8-9-15-11-7-5-4-6-10(11)14-3/h4-7,13H,8-9H2,1-3H3. The molecule has 0 aliphatic rings. The Kier molecular flexibility index (Phi) is 3.97. The molecular formula is C12H18O3. The molecule has 0 fully saturated rings. The van der Waals surface area contributed by atoms with Gasteiger partial charge in [0.25, 0.3) is 0 Å². The van der Waals surface area contributed by atoms with Gasteiger partial charge in [0.15, 0.2) is 11.5 Å². The van der Waals surface area contributed by atoms with Crippen molar-refractivity contribution in [1.82, 2.24) is 0 Å². The highest BCUT2D eigenvalue weighted by molar-refractivity contribution is 5.39. The molecule has 0 aliphatic carbocycles. The maximum absolute atomic E-state index is 9.51. The second kappa shape index (κ2) is 5.03. The van der Waals surface area contributed by atoms with Crippen molar-refractivity contribution in [2.75, 3.05) is 13.7 Å². The van der Waals surface area contributed by atoms with Gasteiger partial charge in [-0.2, -0.15) is 0 Å². The first-order valence-electron chi connectivity index (χ1n) is 5.01. The Morgan fingerprint density at radius 3 is 2.33 bits per heavy atom. The van der Waals surface area contributed by atoms with Crippen molar-refractivity contribution >= 4 is 0 Å². The van der Waals surface area contributed by atoms with Crippen molar-refractivity contribution < 1.29 is 14.6 Å². The Bertz CT molecular complexity index is 302. The molecule has 1 aromatic carbocycles. The van der Waals surface area contributed by atoms with E-state index in [4.69, 9.17) is 9.47 Å². The summed E-state index contributed by atoms with van der Waals surface area (Å²) in [5, 5.41) is 9.51. The number of hydrogen-bond acceptors (Lipinski definition) is 3. The number of para-hydroxylation sites is 2. The predicted octanol–water partition coefficient (Wildman–Crippen LogP) is 2.24. The molecule has 1 rings (SSSR count). The smallest absolute Gasteiger partial charge is 0.161 e. The molecule has 0 amide bonds. The molecule has 84 valence electrons. The molecule has 0 heterocycles. The highest BCUT2D eigenvalue weighted by Crippen LogP contribution is 2.26. The van der Waals surface area contributed by atoms with Gasteiger partial charge in [-0.3, -0.25) is 0 Å². The van der Waals surface area contributed by atoms with E-state index in [1.165, 1.54) is 0 Å². The van der Waals surface area contributed by atoms with Crippen molar-refractivity contribution in [3.05, 3.63) is 24.3 Å². The number of rotatable bonds is 5. The van der Waals surface area contributed by atoms with Gasteiger partial charge < -0.3 is 14.6 Å². The summed E-state index contributed by atoms with van der Waals surface area (Å²) in [4.78, 5) is 0. The van der Waals surface area contributed by atoms with Crippen molar-refractivity contribution in [1.29, 1.82) is 0 Å². The van der Waals surface area contributed by atoms with Gasteiger partial charge in [-0.05, 0) is 26.0 Å². The first-order chi connectivity index (χ1) is 7.03. The van der Waals surface area contributed by atoms with Crippen LogP contribution in [-0.2, 0) is 0 Å². The minimum absolute atomic E-state index is 0.476.